The lowest BCUT2D eigenvalue weighted by Gasteiger charge is -2.17. The number of rotatable bonds is 4. The highest BCUT2D eigenvalue weighted by Crippen LogP contribution is 2.30. The molecule has 2 heterocycles. The predicted molar refractivity (Wildman–Crippen MR) is 97.2 cm³/mol. The van der Waals surface area contributed by atoms with Crippen LogP contribution in [0.15, 0.2) is 24.3 Å². The lowest BCUT2D eigenvalue weighted by Crippen LogP contribution is -2.33. The third kappa shape index (κ3) is 4.18. The molecule has 9 heteroatoms. The maximum absolute atomic E-state index is 12.7. The molecule has 2 amide bonds. The molecule has 2 N–H and O–H groups in total. The summed E-state index contributed by atoms with van der Waals surface area (Å²) in [5, 5.41) is 5.34. The summed E-state index contributed by atoms with van der Waals surface area (Å²) in [4.78, 5) is 29.4. The van der Waals surface area contributed by atoms with Crippen molar-refractivity contribution in [3.8, 4) is 0 Å². The molecular weight excluding hydrogens is 373 g/mol. The highest BCUT2D eigenvalue weighted by atomic mass is 19.4. The van der Waals surface area contributed by atoms with Crippen molar-refractivity contribution >= 4 is 17.5 Å². The number of aromatic nitrogens is 2. The zero-order valence-corrected chi connectivity index (χ0v) is 15.6. The maximum atomic E-state index is 12.7. The summed E-state index contributed by atoms with van der Waals surface area (Å²) in [5.74, 6) is -0.721. The number of fused-ring (bicyclic) bond motifs is 1. The van der Waals surface area contributed by atoms with E-state index in [9.17, 15) is 22.8 Å². The first-order valence-corrected chi connectivity index (χ1v) is 9.05. The molecule has 1 aromatic heterocycles. The molecule has 6 nitrogen and oxygen atoms in total. The number of benzene rings is 1. The number of amides is 2. The number of alkyl halides is 3. The molecule has 0 radical (unpaired) electrons. The quantitative estimate of drug-likeness (QED) is 0.832. The fourth-order valence-electron chi connectivity index (χ4n) is 3.16. The summed E-state index contributed by atoms with van der Waals surface area (Å²) in [6.07, 6.45) is -2.08. The van der Waals surface area contributed by atoms with Crippen molar-refractivity contribution in [2.45, 2.75) is 51.9 Å². The van der Waals surface area contributed by atoms with Gasteiger partial charge in [-0.15, -0.1) is 0 Å². The van der Waals surface area contributed by atoms with Crippen molar-refractivity contribution < 1.29 is 22.8 Å². The second kappa shape index (κ2) is 7.65. The second-order valence-electron chi connectivity index (χ2n) is 7.00. The summed E-state index contributed by atoms with van der Waals surface area (Å²) in [5.41, 5.74) is 0.235. The van der Waals surface area contributed by atoms with Gasteiger partial charge in [0.15, 0.2) is 11.5 Å². The van der Waals surface area contributed by atoms with Gasteiger partial charge >= 0.3 is 6.18 Å². The maximum Gasteiger partial charge on any atom is 0.416 e. The van der Waals surface area contributed by atoms with Crippen molar-refractivity contribution in [2.75, 3.05) is 5.32 Å². The van der Waals surface area contributed by atoms with Crippen LogP contribution in [0.1, 0.15) is 59.1 Å². The van der Waals surface area contributed by atoms with Crippen LogP contribution in [0.5, 0.6) is 0 Å². The van der Waals surface area contributed by atoms with Crippen molar-refractivity contribution in [1.82, 2.24) is 14.9 Å². The van der Waals surface area contributed by atoms with E-state index in [1.54, 1.807) is 4.57 Å². The standard InChI is InChI=1S/C19H21F3N4O2/c1-11(2)23-18(28)16-25-15(14-5-3-4-10-26(14)16)17(27)24-13-8-6-12(7-9-13)19(20,21)22/h6-9,11H,3-5,10H2,1-2H3,(H,23,28)(H,24,27). The first kappa shape index (κ1) is 19.9. The Balaban J connectivity index is 1.85. The van der Waals surface area contributed by atoms with Gasteiger partial charge in [0, 0.05) is 18.3 Å². The molecule has 0 fully saturated rings. The van der Waals surface area contributed by atoms with Gasteiger partial charge in [0.25, 0.3) is 11.8 Å². The summed E-state index contributed by atoms with van der Waals surface area (Å²) in [6, 6.07) is 4.11. The van der Waals surface area contributed by atoms with Crippen LogP contribution in [-0.4, -0.2) is 27.4 Å². The molecule has 1 aromatic carbocycles. The van der Waals surface area contributed by atoms with Gasteiger partial charge in [-0.1, -0.05) is 0 Å². The van der Waals surface area contributed by atoms with E-state index in [0.717, 1.165) is 25.0 Å². The van der Waals surface area contributed by atoms with E-state index in [4.69, 9.17) is 0 Å². The minimum atomic E-state index is -4.44. The second-order valence-corrected chi connectivity index (χ2v) is 7.00. The third-order valence-corrected chi connectivity index (χ3v) is 4.43. The number of nitrogens with zero attached hydrogens (tertiary/aromatic N) is 2. The van der Waals surface area contributed by atoms with E-state index >= 15 is 0 Å². The Hall–Kier alpha value is -2.84. The van der Waals surface area contributed by atoms with Gasteiger partial charge in [-0.2, -0.15) is 13.2 Å². The first-order valence-electron chi connectivity index (χ1n) is 9.05. The molecule has 0 aliphatic carbocycles. The molecule has 1 aliphatic rings. The van der Waals surface area contributed by atoms with E-state index in [2.05, 4.69) is 15.6 Å². The molecule has 150 valence electrons. The smallest absolute Gasteiger partial charge is 0.347 e. The lowest BCUT2D eigenvalue weighted by molar-refractivity contribution is -0.137. The molecular formula is C19H21F3N4O2. The monoisotopic (exact) mass is 394 g/mol. The predicted octanol–water partition coefficient (Wildman–Crippen LogP) is 3.63. The van der Waals surface area contributed by atoms with Crippen LogP contribution in [0.4, 0.5) is 18.9 Å². The minimum absolute atomic E-state index is 0.0755. The highest BCUT2D eigenvalue weighted by Gasteiger charge is 2.30. The van der Waals surface area contributed by atoms with E-state index in [-0.39, 0.29) is 29.2 Å². The number of imidazole rings is 1. The van der Waals surface area contributed by atoms with Crippen molar-refractivity contribution in [1.29, 1.82) is 0 Å². The fraction of sp³-hybridized carbons (Fsp3) is 0.421. The number of hydrogen-bond acceptors (Lipinski definition) is 3. The minimum Gasteiger partial charge on any atom is -0.347 e. The van der Waals surface area contributed by atoms with E-state index in [1.165, 1.54) is 12.1 Å². The number of carbonyl (C=O) groups excluding carboxylic acids is 2. The topological polar surface area (TPSA) is 76.0 Å². The van der Waals surface area contributed by atoms with Crippen LogP contribution < -0.4 is 10.6 Å². The van der Waals surface area contributed by atoms with Gasteiger partial charge < -0.3 is 15.2 Å². The Morgan fingerprint density at radius 1 is 1.11 bits per heavy atom. The Labute approximate surface area is 160 Å². The zero-order chi connectivity index (χ0) is 20.5. The van der Waals surface area contributed by atoms with Crippen molar-refractivity contribution in [3.63, 3.8) is 0 Å². The highest BCUT2D eigenvalue weighted by molar-refractivity contribution is 6.05. The van der Waals surface area contributed by atoms with Gasteiger partial charge in [-0.25, -0.2) is 4.98 Å². The van der Waals surface area contributed by atoms with Gasteiger partial charge in [0.05, 0.1) is 11.3 Å². The van der Waals surface area contributed by atoms with E-state index in [0.29, 0.717) is 18.7 Å². The Morgan fingerprint density at radius 3 is 2.39 bits per heavy atom. The van der Waals surface area contributed by atoms with E-state index in [1.807, 2.05) is 13.8 Å². The van der Waals surface area contributed by atoms with Crippen LogP contribution in [0.25, 0.3) is 0 Å². The summed E-state index contributed by atoms with van der Waals surface area (Å²) in [6.45, 7) is 4.25. The SMILES string of the molecule is CC(C)NC(=O)c1nc(C(=O)Nc2ccc(C(F)(F)F)cc2)c2n1CCCC2. The van der Waals surface area contributed by atoms with Gasteiger partial charge in [-0.05, 0) is 57.4 Å². The molecule has 0 saturated heterocycles. The summed E-state index contributed by atoms with van der Waals surface area (Å²) >= 11 is 0. The molecule has 2 aromatic rings. The Morgan fingerprint density at radius 2 is 1.79 bits per heavy atom. The molecule has 28 heavy (non-hydrogen) atoms. The Bertz CT molecular complexity index is 886. The van der Waals surface area contributed by atoms with Crippen LogP contribution in [-0.2, 0) is 19.1 Å². The number of nitrogens with one attached hydrogen (secondary N) is 2. The first-order chi connectivity index (χ1) is 13.2. The number of hydrogen-bond donors (Lipinski definition) is 2. The number of carbonyl (C=O) groups is 2. The normalized spacial score (nSPS) is 13.9. The van der Waals surface area contributed by atoms with Gasteiger partial charge in [0.1, 0.15) is 0 Å². The van der Waals surface area contributed by atoms with Gasteiger partial charge in [0.2, 0.25) is 0 Å². The van der Waals surface area contributed by atoms with Gasteiger partial charge in [-0.3, -0.25) is 9.59 Å². The fourth-order valence-corrected chi connectivity index (χ4v) is 3.16. The number of halogens is 3. The largest absolute Gasteiger partial charge is 0.416 e. The molecule has 0 spiro atoms. The Kier molecular flexibility index (Phi) is 5.44. The van der Waals surface area contributed by atoms with Crippen LogP contribution in [0, 0.1) is 0 Å². The molecule has 0 saturated carbocycles. The molecule has 0 atom stereocenters. The van der Waals surface area contributed by atoms with Crippen LogP contribution in [0.3, 0.4) is 0 Å². The van der Waals surface area contributed by atoms with Crippen molar-refractivity contribution in [2.24, 2.45) is 0 Å². The average Bonchev–Trinajstić information content (AvgIpc) is 3.01. The third-order valence-electron chi connectivity index (χ3n) is 4.43. The van der Waals surface area contributed by atoms with Crippen LogP contribution in [0.2, 0.25) is 0 Å². The molecule has 1 aliphatic heterocycles. The lowest BCUT2D eigenvalue weighted by atomic mass is 10.1. The van der Waals surface area contributed by atoms with Crippen molar-refractivity contribution in [3.05, 3.63) is 47.0 Å². The van der Waals surface area contributed by atoms with E-state index < -0.39 is 17.6 Å². The van der Waals surface area contributed by atoms with Crippen LogP contribution >= 0.6 is 0 Å². The zero-order valence-electron chi connectivity index (χ0n) is 15.6. The average molecular weight is 394 g/mol. The molecule has 3 rings (SSSR count). The summed E-state index contributed by atoms with van der Waals surface area (Å²) < 4.78 is 39.8. The molecule has 0 unspecified atom stereocenters. The molecule has 0 bridgehead atoms. The number of anilines is 1. The summed E-state index contributed by atoms with van der Waals surface area (Å²) in [7, 11) is 0.